The first-order valence-corrected chi connectivity index (χ1v) is 10.5. The van der Waals surface area contributed by atoms with Crippen molar-refractivity contribution in [1.29, 1.82) is 0 Å². The zero-order chi connectivity index (χ0) is 23.0. The fourth-order valence-corrected chi connectivity index (χ4v) is 3.44. The lowest BCUT2D eigenvalue weighted by Gasteiger charge is -2.07. The Labute approximate surface area is 189 Å². The maximum absolute atomic E-state index is 14.7. The van der Waals surface area contributed by atoms with E-state index in [1.807, 2.05) is 7.05 Å². The number of aromatic nitrogens is 5. The molecule has 3 heterocycles. The number of rotatable bonds is 7. The van der Waals surface area contributed by atoms with E-state index in [0.29, 0.717) is 17.1 Å². The van der Waals surface area contributed by atoms with Gasteiger partial charge in [-0.1, -0.05) is 24.2 Å². The highest BCUT2D eigenvalue weighted by Gasteiger charge is 2.42. The molecule has 5 rings (SSSR count). The van der Waals surface area contributed by atoms with E-state index in [0.717, 1.165) is 24.2 Å². The summed E-state index contributed by atoms with van der Waals surface area (Å²) in [5, 5.41) is 13.8. The number of carbonyl (C=O) groups excluding carboxylic acids is 1. The Balaban J connectivity index is 1.22. The van der Waals surface area contributed by atoms with Crippen molar-refractivity contribution in [2.24, 2.45) is 7.05 Å². The number of aryl methyl sites for hydroxylation is 1. The number of nitrogens with zero attached hydrogens (tertiary/aromatic N) is 5. The second-order valence-corrected chi connectivity index (χ2v) is 8.49. The lowest BCUT2D eigenvalue weighted by atomic mass is 10.0. The minimum absolute atomic E-state index is 0.0468. The van der Waals surface area contributed by atoms with Crippen LogP contribution in [0.4, 0.5) is 21.9 Å². The van der Waals surface area contributed by atoms with Gasteiger partial charge in [0.1, 0.15) is 5.82 Å². The van der Waals surface area contributed by atoms with Crippen molar-refractivity contribution in [2.75, 3.05) is 10.6 Å². The molecule has 0 aliphatic heterocycles. The smallest absolute Gasteiger partial charge is 0.231 e. The van der Waals surface area contributed by atoms with E-state index < -0.39 is 5.82 Å². The van der Waals surface area contributed by atoms with Gasteiger partial charge in [-0.15, -0.1) is 0 Å². The van der Waals surface area contributed by atoms with Crippen LogP contribution in [0.15, 0.2) is 53.6 Å². The van der Waals surface area contributed by atoms with E-state index in [9.17, 15) is 9.18 Å². The van der Waals surface area contributed by atoms with Crippen molar-refractivity contribution in [1.82, 2.24) is 24.9 Å². The SMILES string of the molecule is Cn1cc(Nc2ncc(-c3ccc(CC(=O)Nc4cc(C5(C)CC5)no4)c(F)c3)cn2)cn1. The van der Waals surface area contributed by atoms with Gasteiger partial charge in [-0.3, -0.25) is 14.8 Å². The molecule has 4 aromatic rings. The van der Waals surface area contributed by atoms with Crippen molar-refractivity contribution in [3.8, 4) is 11.1 Å². The molecule has 0 spiro atoms. The van der Waals surface area contributed by atoms with E-state index in [1.165, 1.54) is 6.07 Å². The maximum atomic E-state index is 14.7. The van der Waals surface area contributed by atoms with Gasteiger partial charge in [-0.05, 0) is 30.0 Å². The first-order chi connectivity index (χ1) is 15.9. The number of carbonyl (C=O) groups is 1. The molecule has 0 radical (unpaired) electrons. The van der Waals surface area contributed by atoms with Crippen LogP contribution in [0.1, 0.15) is 31.0 Å². The predicted molar refractivity (Wildman–Crippen MR) is 119 cm³/mol. The number of amides is 1. The highest BCUT2D eigenvalue weighted by atomic mass is 19.1. The monoisotopic (exact) mass is 447 g/mol. The van der Waals surface area contributed by atoms with Gasteiger partial charge in [-0.25, -0.2) is 14.4 Å². The van der Waals surface area contributed by atoms with Gasteiger partial charge >= 0.3 is 0 Å². The second kappa shape index (κ2) is 8.12. The molecule has 3 aromatic heterocycles. The summed E-state index contributed by atoms with van der Waals surface area (Å²) in [4.78, 5) is 20.9. The fourth-order valence-electron chi connectivity index (χ4n) is 3.44. The number of benzene rings is 1. The summed E-state index contributed by atoms with van der Waals surface area (Å²) in [6, 6.07) is 6.43. The van der Waals surface area contributed by atoms with Gasteiger partial charge in [0.15, 0.2) is 0 Å². The molecular formula is C23H22FN7O2. The molecule has 1 aliphatic rings. The van der Waals surface area contributed by atoms with E-state index >= 15 is 0 Å². The first kappa shape index (κ1) is 20.8. The van der Waals surface area contributed by atoms with Crippen LogP contribution in [0.5, 0.6) is 0 Å². The first-order valence-electron chi connectivity index (χ1n) is 10.5. The molecule has 33 heavy (non-hydrogen) atoms. The highest BCUT2D eigenvalue weighted by Crippen LogP contribution is 2.47. The molecule has 0 bridgehead atoms. The Morgan fingerprint density at radius 3 is 2.64 bits per heavy atom. The lowest BCUT2D eigenvalue weighted by molar-refractivity contribution is -0.115. The highest BCUT2D eigenvalue weighted by molar-refractivity contribution is 5.91. The summed E-state index contributed by atoms with van der Waals surface area (Å²) in [6.07, 6.45) is 8.66. The molecule has 10 heteroatoms. The average Bonchev–Trinajstić information content (AvgIpc) is 3.16. The molecule has 0 unspecified atom stereocenters. The Bertz CT molecular complexity index is 1310. The third-order valence-corrected chi connectivity index (χ3v) is 5.74. The summed E-state index contributed by atoms with van der Waals surface area (Å²) >= 11 is 0. The summed E-state index contributed by atoms with van der Waals surface area (Å²) in [5.74, 6) is -0.174. The summed E-state index contributed by atoms with van der Waals surface area (Å²) in [6.45, 7) is 2.10. The molecule has 2 N–H and O–H groups in total. The maximum Gasteiger partial charge on any atom is 0.231 e. The van der Waals surface area contributed by atoms with Crippen LogP contribution in [-0.4, -0.2) is 30.8 Å². The molecular weight excluding hydrogens is 425 g/mol. The minimum Gasteiger partial charge on any atom is -0.338 e. The van der Waals surface area contributed by atoms with Gasteiger partial charge < -0.3 is 9.84 Å². The van der Waals surface area contributed by atoms with Crippen molar-refractivity contribution >= 4 is 23.4 Å². The Hall–Kier alpha value is -4.08. The van der Waals surface area contributed by atoms with E-state index in [-0.39, 0.29) is 29.2 Å². The Morgan fingerprint density at radius 1 is 1.18 bits per heavy atom. The zero-order valence-electron chi connectivity index (χ0n) is 18.2. The summed E-state index contributed by atoms with van der Waals surface area (Å²) in [7, 11) is 1.82. The van der Waals surface area contributed by atoms with Crippen LogP contribution in [-0.2, 0) is 23.7 Å². The Kier molecular flexibility index (Phi) is 5.12. The van der Waals surface area contributed by atoms with Gasteiger partial charge in [-0.2, -0.15) is 5.10 Å². The molecule has 0 atom stereocenters. The van der Waals surface area contributed by atoms with E-state index in [1.54, 1.807) is 47.7 Å². The molecule has 1 amide bonds. The number of anilines is 3. The number of nitrogens with one attached hydrogen (secondary N) is 2. The normalized spacial score (nSPS) is 14.2. The van der Waals surface area contributed by atoms with Gasteiger partial charge in [0.05, 0.1) is 24.0 Å². The van der Waals surface area contributed by atoms with Crippen LogP contribution < -0.4 is 10.6 Å². The van der Waals surface area contributed by atoms with Crippen molar-refractivity contribution in [3.05, 3.63) is 66.1 Å². The van der Waals surface area contributed by atoms with Crippen LogP contribution in [0, 0.1) is 5.82 Å². The van der Waals surface area contributed by atoms with Crippen LogP contribution >= 0.6 is 0 Å². The van der Waals surface area contributed by atoms with E-state index in [2.05, 4.69) is 37.8 Å². The zero-order valence-corrected chi connectivity index (χ0v) is 18.2. The second-order valence-electron chi connectivity index (χ2n) is 8.49. The van der Waals surface area contributed by atoms with Gasteiger partial charge in [0, 0.05) is 42.7 Å². The number of hydrogen-bond donors (Lipinski definition) is 2. The molecule has 1 aromatic carbocycles. The fraction of sp³-hybridized carbons (Fsp3) is 0.261. The topological polar surface area (TPSA) is 111 Å². The standard InChI is InChI=1S/C23H22FN7O2/c1-23(5-6-23)19-9-21(33-30-19)29-20(32)8-15-4-3-14(7-18(15)24)16-10-25-22(26-11-16)28-17-12-27-31(2)13-17/h3-4,7,9-13H,5-6,8H2,1-2H3,(H,29,32)(H,25,26,28). The van der Waals surface area contributed by atoms with Crippen molar-refractivity contribution in [3.63, 3.8) is 0 Å². The van der Waals surface area contributed by atoms with Crippen molar-refractivity contribution in [2.45, 2.75) is 31.6 Å². The quantitative estimate of drug-likeness (QED) is 0.441. The predicted octanol–water partition coefficient (Wildman–Crippen LogP) is 3.98. The van der Waals surface area contributed by atoms with Gasteiger partial charge in [0.2, 0.25) is 17.7 Å². The molecule has 9 nitrogen and oxygen atoms in total. The average molecular weight is 447 g/mol. The largest absolute Gasteiger partial charge is 0.338 e. The molecule has 0 saturated heterocycles. The summed E-state index contributed by atoms with van der Waals surface area (Å²) in [5.41, 5.74) is 3.19. The lowest BCUT2D eigenvalue weighted by Crippen LogP contribution is -2.14. The van der Waals surface area contributed by atoms with E-state index in [4.69, 9.17) is 4.52 Å². The number of halogens is 1. The van der Waals surface area contributed by atoms with Gasteiger partial charge in [0.25, 0.3) is 0 Å². The summed E-state index contributed by atoms with van der Waals surface area (Å²) < 4.78 is 21.6. The van der Waals surface area contributed by atoms with Crippen LogP contribution in [0.25, 0.3) is 11.1 Å². The third kappa shape index (κ3) is 4.59. The molecule has 1 fully saturated rings. The minimum atomic E-state index is -0.482. The van der Waals surface area contributed by atoms with Crippen molar-refractivity contribution < 1.29 is 13.7 Å². The molecule has 168 valence electrons. The third-order valence-electron chi connectivity index (χ3n) is 5.74. The number of hydrogen-bond acceptors (Lipinski definition) is 7. The molecule has 1 saturated carbocycles. The van der Waals surface area contributed by atoms with Crippen LogP contribution in [0.3, 0.4) is 0 Å². The Morgan fingerprint density at radius 2 is 1.97 bits per heavy atom. The molecule has 1 aliphatic carbocycles. The van der Waals surface area contributed by atoms with Crippen LogP contribution in [0.2, 0.25) is 0 Å².